The predicted octanol–water partition coefficient (Wildman–Crippen LogP) is 4.15. The van der Waals surface area contributed by atoms with E-state index in [0.717, 1.165) is 27.3 Å². The Morgan fingerprint density at radius 3 is 2.42 bits per heavy atom. The Bertz CT molecular complexity index is 1250. The van der Waals surface area contributed by atoms with Gasteiger partial charge in [0.1, 0.15) is 36.3 Å². The summed E-state index contributed by atoms with van der Waals surface area (Å²) in [6.07, 6.45) is -0.301. The van der Waals surface area contributed by atoms with Crippen LogP contribution in [0, 0.1) is 14.9 Å². The van der Waals surface area contributed by atoms with Crippen molar-refractivity contribution in [1.29, 1.82) is 5.26 Å². The minimum absolute atomic E-state index is 0.0894. The van der Waals surface area contributed by atoms with E-state index >= 15 is 0 Å². The molecular weight excluding hydrogens is 590 g/mol. The van der Waals surface area contributed by atoms with Crippen molar-refractivity contribution in [2.45, 2.75) is 37.0 Å². The van der Waals surface area contributed by atoms with Gasteiger partial charge in [-0.05, 0) is 83.5 Å². The van der Waals surface area contributed by atoms with Crippen molar-refractivity contribution < 1.29 is 32.2 Å². The van der Waals surface area contributed by atoms with Crippen LogP contribution < -0.4 is 20.1 Å². The first-order chi connectivity index (χ1) is 17.1. The standard InChI is InChI=1S/C25H21F3IN3O4/c26-25(27,28)16-4-5-17-21(13-16)36-10-2-1-9-35-20-6-3-15(11-18(20)29)12-19(31-22(17)33)23(34)32-24(14-30)7-8-24/h1-6,11,13,19H,7-10,12H2,(H,31,33)(H,32,34)/b2-1+/t19-/m0/s1. The molecule has 7 nitrogen and oxygen atoms in total. The zero-order valence-corrected chi connectivity index (χ0v) is 21.0. The molecule has 2 amide bonds. The maximum atomic E-state index is 13.3. The molecule has 2 aromatic carbocycles. The van der Waals surface area contributed by atoms with E-state index in [1.54, 1.807) is 24.3 Å². The average Bonchev–Trinajstić information content (AvgIpc) is 3.60. The SMILES string of the molecule is N#CC1(NC(=O)[C@@H]2Cc3ccc(c(I)c3)OC/C=C/COc3cc(C(F)(F)F)ccc3C(=O)N2)CC1. The van der Waals surface area contributed by atoms with Gasteiger partial charge in [-0.15, -0.1) is 0 Å². The van der Waals surface area contributed by atoms with E-state index in [1.165, 1.54) is 0 Å². The van der Waals surface area contributed by atoms with Gasteiger partial charge in [0, 0.05) is 6.42 Å². The highest BCUT2D eigenvalue weighted by molar-refractivity contribution is 14.1. The van der Waals surface area contributed by atoms with E-state index in [1.807, 2.05) is 6.07 Å². The van der Waals surface area contributed by atoms with Crippen LogP contribution >= 0.6 is 22.6 Å². The lowest BCUT2D eigenvalue weighted by Crippen LogP contribution is -2.51. The molecule has 11 heteroatoms. The molecule has 2 N–H and O–H groups in total. The van der Waals surface area contributed by atoms with Crippen molar-refractivity contribution in [2.24, 2.45) is 0 Å². The van der Waals surface area contributed by atoms with Gasteiger partial charge in [0.2, 0.25) is 5.91 Å². The highest BCUT2D eigenvalue weighted by atomic mass is 127. The highest BCUT2D eigenvalue weighted by Gasteiger charge is 2.45. The topological polar surface area (TPSA) is 100 Å². The first-order valence-corrected chi connectivity index (χ1v) is 12.1. The molecular formula is C25H21F3IN3O4. The van der Waals surface area contributed by atoms with Gasteiger partial charge < -0.3 is 20.1 Å². The zero-order chi connectivity index (χ0) is 25.9. The van der Waals surface area contributed by atoms with Crippen LogP contribution in [-0.4, -0.2) is 36.6 Å². The first kappa shape index (κ1) is 25.8. The second-order valence-electron chi connectivity index (χ2n) is 8.48. The number of hydrogen-bond donors (Lipinski definition) is 2. The molecule has 0 aromatic heterocycles. The third-order valence-corrected chi connectivity index (χ3v) is 6.62. The second-order valence-corrected chi connectivity index (χ2v) is 9.64. The molecule has 36 heavy (non-hydrogen) atoms. The molecule has 3 aliphatic rings. The smallest absolute Gasteiger partial charge is 0.416 e. The summed E-state index contributed by atoms with van der Waals surface area (Å²) in [5.41, 5.74) is -1.36. The Morgan fingerprint density at radius 1 is 1.11 bits per heavy atom. The number of ether oxygens (including phenoxy) is 2. The molecule has 1 fully saturated rings. The van der Waals surface area contributed by atoms with Crippen LogP contribution in [0.4, 0.5) is 13.2 Å². The van der Waals surface area contributed by atoms with Crippen molar-refractivity contribution in [1.82, 2.24) is 10.6 Å². The van der Waals surface area contributed by atoms with Crippen LogP contribution in [0.25, 0.3) is 0 Å². The minimum Gasteiger partial charge on any atom is -0.489 e. The summed E-state index contributed by atoms with van der Waals surface area (Å²) in [6, 6.07) is 8.90. The van der Waals surface area contributed by atoms with E-state index in [2.05, 4.69) is 39.3 Å². The Labute approximate surface area is 218 Å². The predicted molar refractivity (Wildman–Crippen MR) is 131 cm³/mol. The molecule has 5 rings (SSSR count). The van der Waals surface area contributed by atoms with Crippen molar-refractivity contribution in [2.75, 3.05) is 13.2 Å². The Hall–Kier alpha value is -3.27. The molecule has 1 atom stereocenters. The van der Waals surface area contributed by atoms with Crippen molar-refractivity contribution in [3.8, 4) is 17.6 Å². The maximum absolute atomic E-state index is 13.3. The summed E-state index contributed by atoms with van der Waals surface area (Å²) in [6.45, 7) is 0.103. The number of fused-ring (bicyclic) bond motifs is 9. The van der Waals surface area contributed by atoms with E-state index in [-0.39, 0.29) is 30.9 Å². The summed E-state index contributed by atoms with van der Waals surface area (Å²) in [5, 5.41) is 14.7. The van der Waals surface area contributed by atoms with Gasteiger partial charge in [-0.2, -0.15) is 18.4 Å². The monoisotopic (exact) mass is 611 g/mol. The van der Waals surface area contributed by atoms with Gasteiger partial charge in [0.15, 0.2) is 0 Å². The first-order valence-electron chi connectivity index (χ1n) is 11.0. The van der Waals surface area contributed by atoms with E-state index in [4.69, 9.17) is 9.47 Å². The average molecular weight is 611 g/mol. The number of nitrogens with one attached hydrogen (secondary N) is 2. The molecule has 1 aliphatic carbocycles. The number of nitrogens with zero attached hydrogens (tertiary/aromatic N) is 1. The fourth-order valence-electron chi connectivity index (χ4n) is 3.60. The lowest BCUT2D eigenvalue weighted by Gasteiger charge is -2.22. The van der Waals surface area contributed by atoms with Gasteiger partial charge in [0.05, 0.1) is 20.8 Å². The summed E-state index contributed by atoms with van der Waals surface area (Å²) >= 11 is 2.11. The Morgan fingerprint density at radius 2 is 1.81 bits per heavy atom. The van der Waals surface area contributed by atoms with Crippen LogP contribution in [0.15, 0.2) is 48.6 Å². The third-order valence-electron chi connectivity index (χ3n) is 5.77. The van der Waals surface area contributed by atoms with Crippen LogP contribution in [0.3, 0.4) is 0 Å². The Kier molecular flexibility index (Phi) is 7.44. The molecule has 188 valence electrons. The van der Waals surface area contributed by atoms with Crippen LogP contribution in [0.2, 0.25) is 0 Å². The summed E-state index contributed by atoms with van der Waals surface area (Å²) in [7, 11) is 0. The fraction of sp³-hybridized carbons (Fsp3) is 0.320. The molecule has 2 bridgehead atoms. The number of rotatable bonds is 2. The molecule has 0 spiro atoms. The quantitative estimate of drug-likeness (QED) is 0.393. The number of halogens is 4. The minimum atomic E-state index is -4.63. The molecule has 2 aliphatic heterocycles. The largest absolute Gasteiger partial charge is 0.489 e. The van der Waals surface area contributed by atoms with Gasteiger partial charge in [0.25, 0.3) is 5.91 Å². The van der Waals surface area contributed by atoms with Crippen LogP contribution in [0.5, 0.6) is 11.5 Å². The number of carbonyl (C=O) groups excluding carboxylic acids is 2. The molecule has 2 aromatic rings. The molecule has 0 unspecified atom stereocenters. The van der Waals surface area contributed by atoms with Gasteiger partial charge in [-0.25, -0.2) is 0 Å². The molecule has 2 heterocycles. The number of carbonyl (C=O) groups is 2. The lowest BCUT2D eigenvalue weighted by molar-refractivity contribution is -0.137. The highest BCUT2D eigenvalue weighted by Crippen LogP contribution is 2.35. The maximum Gasteiger partial charge on any atom is 0.416 e. The third kappa shape index (κ3) is 6.10. The Balaban J connectivity index is 1.69. The number of amides is 2. The van der Waals surface area contributed by atoms with Crippen LogP contribution in [-0.2, 0) is 17.4 Å². The van der Waals surface area contributed by atoms with Crippen molar-refractivity contribution >= 4 is 34.4 Å². The van der Waals surface area contributed by atoms with Crippen molar-refractivity contribution in [3.05, 3.63) is 68.8 Å². The lowest BCUT2D eigenvalue weighted by atomic mass is 10.0. The summed E-state index contributed by atoms with van der Waals surface area (Å²) < 4.78 is 51.9. The molecule has 1 saturated carbocycles. The zero-order valence-electron chi connectivity index (χ0n) is 18.8. The van der Waals surface area contributed by atoms with E-state index < -0.39 is 35.1 Å². The fourth-order valence-corrected chi connectivity index (χ4v) is 4.34. The normalized spacial score (nSPS) is 20.1. The van der Waals surface area contributed by atoms with Gasteiger partial charge in [-0.1, -0.05) is 6.07 Å². The van der Waals surface area contributed by atoms with E-state index in [0.29, 0.717) is 18.6 Å². The molecule has 0 saturated heterocycles. The van der Waals surface area contributed by atoms with E-state index in [9.17, 15) is 28.0 Å². The van der Waals surface area contributed by atoms with Crippen LogP contribution in [0.1, 0.15) is 34.3 Å². The number of nitriles is 1. The number of hydrogen-bond acceptors (Lipinski definition) is 5. The summed E-state index contributed by atoms with van der Waals surface area (Å²) in [5.74, 6) is -0.987. The number of benzene rings is 2. The van der Waals surface area contributed by atoms with Gasteiger partial charge >= 0.3 is 6.18 Å². The summed E-state index contributed by atoms with van der Waals surface area (Å²) in [4.78, 5) is 26.3. The number of alkyl halides is 3. The van der Waals surface area contributed by atoms with Gasteiger partial charge in [-0.3, -0.25) is 9.59 Å². The second kappa shape index (κ2) is 10.4. The van der Waals surface area contributed by atoms with Crippen molar-refractivity contribution in [3.63, 3.8) is 0 Å². The molecule has 0 radical (unpaired) electrons.